The summed E-state index contributed by atoms with van der Waals surface area (Å²) in [7, 11) is 1.58. The number of nitrogens with one attached hydrogen (secondary N) is 1. The van der Waals surface area contributed by atoms with E-state index in [0.29, 0.717) is 11.1 Å². The number of hydrogen-bond acceptors (Lipinski definition) is 6. The Balaban J connectivity index is 1.97. The number of anilines is 1. The van der Waals surface area contributed by atoms with Gasteiger partial charge in [0, 0.05) is 19.7 Å². The number of rotatable bonds is 5. The predicted octanol–water partition coefficient (Wildman–Crippen LogP) is 2.14. The highest BCUT2D eigenvalue weighted by molar-refractivity contribution is 5.86. The molecule has 0 saturated heterocycles. The van der Waals surface area contributed by atoms with Gasteiger partial charge in [0.25, 0.3) is 11.2 Å². The Hall–Kier alpha value is -3.33. The van der Waals surface area contributed by atoms with Gasteiger partial charge >= 0.3 is 0 Å². The lowest BCUT2D eigenvalue weighted by molar-refractivity contribution is -0.384. The highest BCUT2D eigenvalue weighted by Gasteiger charge is 2.22. The van der Waals surface area contributed by atoms with Crippen molar-refractivity contribution in [2.75, 3.05) is 18.5 Å². The first-order chi connectivity index (χ1) is 12.4. The lowest BCUT2D eigenvalue weighted by atomic mass is 10.1. The number of halogens is 1. The zero-order valence-corrected chi connectivity index (χ0v) is 13.7. The molecular formula is C17H15FN4O4. The van der Waals surface area contributed by atoms with E-state index in [1.54, 1.807) is 7.05 Å². The van der Waals surface area contributed by atoms with Gasteiger partial charge in [0.1, 0.15) is 11.5 Å². The van der Waals surface area contributed by atoms with Gasteiger partial charge in [-0.05, 0) is 23.8 Å². The number of fused-ring (bicyclic) bond motifs is 1. The van der Waals surface area contributed by atoms with E-state index in [1.165, 1.54) is 41.6 Å². The second-order valence-corrected chi connectivity index (χ2v) is 5.79. The number of aromatic nitrogens is 2. The molecule has 2 aromatic carbocycles. The Bertz CT molecular complexity index is 1020. The van der Waals surface area contributed by atoms with E-state index in [-0.39, 0.29) is 23.3 Å². The van der Waals surface area contributed by atoms with E-state index in [4.69, 9.17) is 0 Å². The minimum absolute atomic E-state index is 0.0289. The van der Waals surface area contributed by atoms with Crippen molar-refractivity contribution in [2.24, 2.45) is 0 Å². The summed E-state index contributed by atoms with van der Waals surface area (Å²) in [6.45, 7) is 0.0289. The number of aromatic amines is 1. The van der Waals surface area contributed by atoms with E-state index >= 15 is 0 Å². The number of H-pyrrole nitrogens is 1. The second kappa shape index (κ2) is 6.89. The standard InChI is InChI=1S/C17H15FN4O4/c1-21(8-16(23)10-2-4-11(18)5-3-10)14-7-13-12(6-15(14)22(25)26)17(24)20-9-19-13/h2-7,9,16,23H,8H2,1H3,(H,19,20,24). The van der Waals surface area contributed by atoms with Crippen molar-refractivity contribution in [2.45, 2.75) is 6.10 Å². The number of likely N-dealkylation sites (N-methyl/N-ethyl adjacent to an activating group) is 1. The summed E-state index contributed by atoms with van der Waals surface area (Å²) in [4.78, 5) is 30.5. The molecule has 1 atom stereocenters. The molecule has 0 saturated carbocycles. The fourth-order valence-corrected chi connectivity index (χ4v) is 2.69. The first-order valence-electron chi connectivity index (χ1n) is 7.67. The monoisotopic (exact) mass is 358 g/mol. The first kappa shape index (κ1) is 17.5. The molecule has 8 nitrogen and oxygen atoms in total. The Kier molecular flexibility index (Phi) is 4.63. The predicted molar refractivity (Wildman–Crippen MR) is 93.6 cm³/mol. The lowest BCUT2D eigenvalue weighted by Crippen LogP contribution is -2.25. The molecule has 3 rings (SSSR count). The van der Waals surface area contributed by atoms with E-state index in [9.17, 15) is 24.4 Å². The van der Waals surface area contributed by atoms with Crippen molar-refractivity contribution in [3.8, 4) is 0 Å². The van der Waals surface area contributed by atoms with Gasteiger partial charge in [-0.25, -0.2) is 9.37 Å². The van der Waals surface area contributed by atoms with Crippen LogP contribution in [0.3, 0.4) is 0 Å². The molecule has 0 amide bonds. The van der Waals surface area contributed by atoms with Crippen LogP contribution in [-0.4, -0.2) is 33.6 Å². The van der Waals surface area contributed by atoms with Crippen LogP contribution in [0.4, 0.5) is 15.8 Å². The van der Waals surface area contributed by atoms with Crippen LogP contribution in [0.5, 0.6) is 0 Å². The Morgan fingerprint density at radius 2 is 2.04 bits per heavy atom. The smallest absolute Gasteiger partial charge is 0.293 e. The average Bonchev–Trinajstić information content (AvgIpc) is 2.61. The maximum Gasteiger partial charge on any atom is 0.293 e. The van der Waals surface area contributed by atoms with Gasteiger partial charge in [-0.1, -0.05) is 12.1 Å². The van der Waals surface area contributed by atoms with Gasteiger partial charge in [0.15, 0.2) is 0 Å². The normalized spacial score (nSPS) is 12.1. The molecule has 0 aliphatic carbocycles. The third-order valence-electron chi connectivity index (χ3n) is 4.05. The van der Waals surface area contributed by atoms with E-state index in [2.05, 4.69) is 9.97 Å². The number of hydrogen-bond donors (Lipinski definition) is 2. The van der Waals surface area contributed by atoms with Crippen LogP contribution in [0.15, 0.2) is 47.5 Å². The third kappa shape index (κ3) is 3.38. The van der Waals surface area contributed by atoms with Crippen LogP contribution in [0.1, 0.15) is 11.7 Å². The summed E-state index contributed by atoms with van der Waals surface area (Å²) in [5.74, 6) is -0.421. The maximum absolute atomic E-state index is 13.0. The molecule has 1 heterocycles. The van der Waals surface area contributed by atoms with Crippen molar-refractivity contribution in [1.29, 1.82) is 0 Å². The van der Waals surface area contributed by atoms with Crippen LogP contribution >= 0.6 is 0 Å². The van der Waals surface area contributed by atoms with Gasteiger partial charge < -0.3 is 15.0 Å². The molecule has 0 aliphatic heterocycles. The number of nitro groups is 1. The zero-order chi connectivity index (χ0) is 18.8. The van der Waals surface area contributed by atoms with Crippen LogP contribution in [0.25, 0.3) is 10.9 Å². The molecule has 1 unspecified atom stereocenters. The molecule has 0 aliphatic rings. The summed E-state index contributed by atoms with van der Waals surface area (Å²) in [6.07, 6.45) is 0.233. The molecule has 0 bridgehead atoms. The van der Waals surface area contributed by atoms with Gasteiger partial charge in [-0.15, -0.1) is 0 Å². The van der Waals surface area contributed by atoms with Crippen LogP contribution in [0, 0.1) is 15.9 Å². The molecule has 3 aromatic rings. The molecule has 2 N–H and O–H groups in total. The number of nitro benzene ring substituents is 1. The summed E-state index contributed by atoms with van der Waals surface area (Å²) >= 11 is 0. The largest absolute Gasteiger partial charge is 0.387 e. The number of aliphatic hydroxyl groups excluding tert-OH is 1. The fourth-order valence-electron chi connectivity index (χ4n) is 2.69. The van der Waals surface area contributed by atoms with Gasteiger partial charge in [0.2, 0.25) is 0 Å². The third-order valence-corrected chi connectivity index (χ3v) is 4.05. The number of aliphatic hydroxyl groups is 1. The molecule has 0 spiro atoms. The Morgan fingerprint density at radius 1 is 1.35 bits per heavy atom. The van der Waals surface area contributed by atoms with Crippen molar-refractivity contribution >= 4 is 22.3 Å². The van der Waals surface area contributed by atoms with Crippen molar-refractivity contribution in [3.05, 3.63) is 74.6 Å². The molecule has 0 radical (unpaired) electrons. The number of benzene rings is 2. The SMILES string of the molecule is CN(CC(O)c1ccc(F)cc1)c1cc2nc[nH]c(=O)c2cc1[N+](=O)[O-]. The molecule has 1 aromatic heterocycles. The minimum atomic E-state index is -0.983. The molecule has 26 heavy (non-hydrogen) atoms. The van der Waals surface area contributed by atoms with E-state index in [1.807, 2.05) is 0 Å². The molecular weight excluding hydrogens is 343 g/mol. The first-order valence-corrected chi connectivity index (χ1v) is 7.67. The topological polar surface area (TPSA) is 112 Å². The van der Waals surface area contributed by atoms with Crippen LogP contribution in [0.2, 0.25) is 0 Å². The van der Waals surface area contributed by atoms with Gasteiger partial charge in [-0.2, -0.15) is 0 Å². The lowest BCUT2D eigenvalue weighted by Gasteiger charge is -2.23. The quantitative estimate of drug-likeness (QED) is 0.534. The summed E-state index contributed by atoms with van der Waals surface area (Å²) < 4.78 is 13.0. The minimum Gasteiger partial charge on any atom is -0.387 e. The zero-order valence-electron chi connectivity index (χ0n) is 13.7. The Morgan fingerprint density at radius 3 is 2.69 bits per heavy atom. The average molecular weight is 358 g/mol. The molecule has 0 fully saturated rings. The van der Waals surface area contributed by atoms with Gasteiger partial charge in [-0.3, -0.25) is 14.9 Å². The van der Waals surface area contributed by atoms with Crippen LogP contribution < -0.4 is 10.5 Å². The summed E-state index contributed by atoms with van der Waals surface area (Å²) in [6, 6.07) is 7.95. The Labute approximate surface area is 146 Å². The molecule has 9 heteroatoms. The van der Waals surface area contributed by atoms with Crippen molar-refractivity contribution in [3.63, 3.8) is 0 Å². The van der Waals surface area contributed by atoms with Crippen molar-refractivity contribution < 1.29 is 14.4 Å². The summed E-state index contributed by atoms with van der Waals surface area (Å²) in [5.41, 5.74) is 0.249. The highest BCUT2D eigenvalue weighted by atomic mass is 19.1. The molecule has 134 valence electrons. The summed E-state index contributed by atoms with van der Waals surface area (Å²) in [5, 5.41) is 21.8. The second-order valence-electron chi connectivity index (χ2n) is 5.79. The maximum atomic E-state index is 13.0. The highest BCUT2D eigenvalue weighted by Crippen LogP contribution is 2.31. The van der Waals surface area contributed by atoms with Crippen LogP contribution in [-0.2, 0) is 0 Å². The number of nitrogens with zero attached hydrogens (tertiary/aromatic N) is 3. The van der Waals surface area contributed by atoms with E-state index in [0.717, 1.165) is 6.07 Å². The van der Waals surface area contributed by atoms with E-state index < -0.39 is 22.4 Å². The fraction of sp³-hybridized carbons (Fsp3) is 0.176. The van der Waals surface area contributed by atoms with Crippen molar-refractivity contribution in [1.82, 2.24) is 9.97 Å². The van der Waals surface area contributed by atoms with Gasteiger partial charge in [0.05, 0.1) is 28.3 Å².